The number of aromatic nitrogens is 1. The maximum Gasteiger partial charge on any atom is 0.272 e. The van der Waals surface area contributed by atoms with E-state index in [-0.39, 0.29) is 15.7 Å². The summed E-state index contributed by atoms with van der Waals surface area (Å²) in [5.74, 6) is -0.548. The van der Waals surface area contributed by atoms with E-state index in [1.807, 2.05) is 6.92 Å². The van der Waals surface area contributed by atoms with Crippen LogP contribution >= 0.6 is 11.6 Å². The van der Waals surface area contributed by atoms with Gasteiger partial charge in [0.25, 0.3) is 5.91 Å². The van der Waals surface area contributed by atoms with Gasteiger partial charge in [-0.3, -0.25) is 9.59 Å². The van der Waals surface area contributed by atoms with Gasteiger partial charge in [0.15, 0.2) is 5.78 Å². The molecule has 2 N–H and O–H groups in total. The molecule has 1 aromatic carbocycles. The summed E-state index contributed by atoms with van der Waals surface area (Å²) in [5.41, 5.74) is 2.45. The highest BCUT2D eigenvalue weighted by Gasteiger charge is 2.26. The Hall–Kier alpha value is -2.16. The molecule has 0 bridgehead atoms. The fourth-order valence-corrected chi connectivity index (χ4v) is 5.48. The monoisotopic (exact) mass is 453 g/mol. The molecule has 1 amide bonds. The second kappa shape index (κ2) is 9.76. The first kappa shape index (κ1) is 24.1. The van der Waals surface area contributed by atoms with Crippen molar-refractivity contribution in [1.29, 1.82) is 0 Å². The molecule has 0 aliphatic rings. The van der Waals surface area contributed by atoms with Crippen molar-refractivity contribution < 1.29 is 18.0 Å². The lowest BCUT2D eigenvalue weighted by molar-refractivity contribution is 0.101. The van der Waals surface area contributed by atoms with E-state index in [0.29, 0.717) is 47.7 Å². The number of benzene rings is 1. The van der Waals surface area contributed by atoms with Gasteiger partial charge in [0, 0.05) is 30.0 Å². The lowest BCUT2D eigenvalue weighted by Crippen LogP contribution is -2.30. The number of ketones is 1. The van der Waals surface area contributed by atoms with Crippen LogP contribution in [0.3, 0.4) is 0 Å². The molecule has 0 unspecified atom stereocenters. The van der Waals surface area contributed by atoms with Gasteiger partial charge in [0.2, 0.25) is 10.0 Å². The van der Waals surface area contributed by atoms with Crippen molar-refractivity contribution in [2.24, 2.45) is 0 Å². The molecule has 0 spiro atoms. The lowest BCUT2D eigenvalue weighted by atomic mass is 10.0. The van der Waals surface area contributed by atoms with Gasteiger partial charge in [0.1, 0.15) is 10.6 Å². The predicted octanol–water partition coefficient (Wildman–Crippen LogP) is 4.41. The van der Waals surface area contributed by atoms with Crippen molar-refractivity contribution in [1.82, 2.24) is 9.29 Å². The number of amides is 1. The second-order valence-corrected chi connectivity index (χ2v) is 9.29. The quantitative estimate of drug-likeness (QED) is 0.549. The Labute approximate surface area is 182 Å². The third kappa shape index (κ3) is 4.77. The number of hydrogen-bond acceptors (Lipinski definition) is 4. The van der Waals surface area contributed by atoms with Crippen molar-refractivity contribution in [3.05, 3.63) is 45.7 Å². The highest BCUT2D eigenvalue weighted by atomic mass is 35.5. The van der Waals surface area contributed by atoms with E-state index in [0.717, 1.165) is 6.42 Å². The molecule has 0 fully saturated rings. The normalized spacial score (nSPS) is 11.7. The predicted molar refractivity (Wildman–Crippen MR) is 119 cm³/mol. The number of anilines is 1. The molecular weight excluding hydrogens is 426 g/mol. The van der Waals surface area contributed by atoms with E-state index in [4.69, 9.17) is 11.6 Å². The zero-order valence-electron chi connectivity index (χ0n) is 17.9. The van der Waals surface area contributed by atoms with Gasteiger partial charge in [-0.2, -0.15) is 4.31 Å². The van der Waals surface area contributed by atoms with E-state index < -0.39 is 15.9 Å². The average molecular weight is 454 g/mol. The fourth-order valence-electron chi connectivity index (χ4n) is 3.52. The number of carbonyl (C=O) groups is 2. The first-order valence-electron chi connectivity index (χ1n) is 9.91. The molecule has 0 radical (unpaired) electrons. The van der Waals surface area contributed by atoms with Crippen molar-refractivity contribution in [3.63, 3.8) is 0 Å². The molecule has 9 heteroatoms. The van der Waals surface area contributed by atoms with Crippen LogP contribution in [0, 0.1) is 6.92 Å². The number of nitrogens with zero attached hydrogens (tertiary/aromatic N) is 1. The number of H-pyrrole nitrogens is 1. The minimum atomic E-state index is -3.79. The molecule has 1 aromatic heterocycles. The van der Waals surface area contributed by atoms with Crippen LogP contribution in [0.25, 0.3) is 0 Å². The van der Waals surface area contributed by atoms with Gasteiger partial charge in [-0.25, -0.2) is 8.42 Å². The van der Waals surface area contributed by atoms with E-state index >= 15 is 0 Å². The van der Waals surface area contributed by atoms with Crippen molar-refractivity contribution in [3.8, 4) is 0 Å². The number of rotatable bonds is 9. The molecule has 2 aromatic rings. The Bertz CT molecular complexity index is 1060. The zero-order valence-corrected chi connectivity index (χ0v) is 19.5. The number of Topliss-reactive ketones (excluding diaryl/α,β-unsaturated/α-hetero) is 1. The van der Waals surface area contributed by atoms with Crippen LogP contribution in [0.2, 0.25) is 5.02 Å². The second-order valence-electron chi connectivity index (χ2n) is 6.97. The third-order valence-corrected chi connectivity index (χ3v) is 7.41. The van der Waals surface area contributed by atoms with E-state index in [1.165, 1.54) is 23.4 Å². The van der Waals surface area contributed by atoms with Gasteiger partial charge in [-0.05, 0) is 44.0 Å². The minimum Gasteiger partial charge on any atom is -0.354 e. The van der Waals surface area contributed by atoms with Crippen molar-refractivity contribution >= 4 is 39.0 Å². The fraction of sp³-hybridized carbons (Fsp3) is 0.429. The van der Waals surface area contributed by atoms with Gasteiger partial charge >= 0.3 is 0 Å². The molecule has 0 saturated carbocycles. The van der Waals surface area contributed by atoms with Crippen LogP contribution in [0.1, 0.15) is 66.2 Å². The summed E-state index contributed by atoms with van der Waals surface area (Å²) in [6.07, 6.45) is 1.34. The van der Waals surface area contributed by atoms with E-state index in [2.05, 4.69) is 10.3 Å². The Kier molecular flexibility index (Phi) is 7.85. The van der Waals surface area contributed by atoms with Crippen molar-refractivity contribution in [2.45, 2.75) is 52.4 Å². The number of sulfonamides is 1. The molecule has 7 nitrogen and oxygen atoms in total. The molecule has 0 aliphatic carbocycles. The third-order valence-electron chi connectivity index (χ3n) is 4.88. The summed E-state index contributed by atoms with van der Waals surface area (Å²) in [5, 5.41) is 2.81. The molecule has 0 atom stereocenters. The van der Waals surface area contributed by atoms with Crippen LogP contribution < -0.4 is 5.32 Å². The highest BCUT2D eigenvalue weighted by molar-refractivity contribution is 7.89. The van der Waals surface area contributed by atoms with Crippen LogP contribution in [0.15, 0.2) is 23.1 Å². The summed E-state index contributed by atoms with van der Waals surface area (Å²) in [7, 11) is -3.79. The molecule has 30 heavy (non-hydrogen) atoms. The Morgan fingerprint density at radius 1 is 1.17 bits per heavy atom. The van der Waals surface area contributed by atoms with Crippen LogP contribution in [-0.2, 0) is 16.4 Å². The molecule has 2 rings (SSSR count). The smallest absolute Gasteiger partial charge is 0.272 e. The van der Waals surface area contributed by atoms with Gasteiger partial charge in [0.05, 0.1) is 5.02 Å². The van der Waals surface area contributed by atoms with Crippen LogP contribution in [0.4, 0.5) is 5.69 Å². The minimum absolute atomic E-state index is 0.0634. The molecule has 1 heterocycles. The number of nitrogens with one attached hydrogen (secondary N) is 2. The Morgan fingerprint density at radius 2 is 1.80 bits per heavy atom. The van der Waals surface area contributed by atoms with Crippen LogP contribution in [0.5, 0.6) is 0 Å². The number of hydrogen-bond donors (Lipinski definition) is 2. The number of aryl methyl sites for hydroxylation is 1. The van der Waals surface area contributed by atoms with Gasteiger partial charge in [-0.15, -0.1) is 0 Å². The summed E-state index contributed by atoms with van der Waals surface area (Å²) >= 11 is 6.16. The van der Waals surface area contributed by atoms with E-state index in [1.54, 1.807) is 26.8 Å². The number of carbonyl (C=O) groups excluding carboxylic acids is 2. The Morgan fingerprint density at radius 3 is 2.33 bits per heavy atom. The van der Waals surface area contributed by atoms with Crippen molar-refractivity contribution in [2.75, 3.05) is 18.4 Å². The lowest BCUT2D eigenvalue weighted by Gasteiger charge is -2.19. The summed E-state index contributed by atoms with van der Waals surface area (Å²) < 4.78 is 27.0. The number of aromatic amines is 1. The molecule has 0 saturated heterocycles. The average Bonchev–Trinajstić information content (AvgIpc) is 3.00. The van der Waals surface area contributed by atoms with Gasteiger partial charge in [-0.1, -0.05) is 38.8 Å². The number of halogens is 1. The maximum atomic E-state index is 12.9. The van der Waals surface area contributed by atoms with Crippen LogP contribution in [-0.4, -0.2) is 42.5 Å². The zero-order chi connectivity index (χ0) is 22.6. The maximum absolute atomic E-state index is 12.9. The molecule has 164 valence electrons. The first-order valence-corrected chi connectivity index (χ1v) is 11.7. The molecular formula is C21H28ClN3O4S. The summed E-state index contributed by atoms with van der Waals surface area (Å²) in [4.78, 5) is 27.9. The topological polar surface area (TPSA) is 99.3 Å². The first-order chi connectivity index (χ1) is 14.1. The SMILES string of the molecule is CCCc1c(C(=O)Nc2ccc(Cl)c(S(=O)(=O)N(CC)CC)c2)[nH]c(C)c1C(C)=O. The standard InChI is InChI=1S/C21H28ClN3O4S/c1-6-9-16-19(14(5)26)13(4)23-20(16)21(27)24-15-10-11-17(22)18(12-15)30(28,29)25(7-2)8-3/h10-12,23H,6-9H2,1-5H3,(H,24,27). The van der Waals surface area contributed by atoms with E-state index in [9.17, 15) is 18.0 Å². The Balaban J connectivity index is 2.44. The van der Waals surface area contributed by atoms with Gasteiger partial charge < -0.3 is 10.3 Å². The highest BCUT2D eigenvalue weighted by Crippen LogP contribution is 2.29. The largest absolute Gasteiger partial charge is 0.354 e. The molecule has 0 aliphatic heterocycles. The summed E-state index contributed by atoms with van der Waals surface area (Å²) in [6.45, 7) is 9.30. The summed E-state index contributed by atoms with van der Waals surface area (Å²) in [6, 6.07) is 4.35.